The molecule has 6 nitrogen and oxygen atoms in total. The number of hydrogen-bond acceptors (Lipinski definition) is 4. The van der Waals surface area contributed by atoms with Gasteiger partial charge in [-0.05, 0) is 56.7 Å². The first-order chi connectivity index (χ1) is 13.5. The van der Waals surface area contributed by atoms with E-state index in [0.29, 0.717) is 29.3 Å². The SMILES string of the molecule is CCN(C(=O)CCc1c(C)nc(-c2ccncc2)[nH]c1=O)c1ccc(F)cc1. The van der Waals surface area contributed by atoms with E-state index in [0.717, 1.165) is 5.56 Å². The Morgan fingerprint density at radius 3 is 2.43 bits per heavy atom. The number of aromatic nitrogens is 3. The second kappa shape index (κ2) is 8.56. The number of nitrogens with zero attached hydrogens (tertiary/aromatic N) is 3. The fourth-order valence-corrected chi connectivity index (χ4v) is 3.04. The molecule has 0 radical (unpaired) electrons. The van der Waals surface area contributed by atoms with Crippen molar-refractivity contribution in [2.24, 2.45) is 0 Å². The van der Waals surface area contributed by atoms with Gasteiger partial charge in [0.1, 0.15) is 11.6 Å². The molecule has 0 saturated heterocycles. The highest BCUT2D eigenvalue weighted by Gasteiger charge is 2.16. The number of aromatic amines is 1. The molecule has 0 fully saturated rings. The molecule has 0 aliphatic carbocycles. The van der Waals surface area contributed by atoms with Gasteiger partial charge in [-0.3, -0.25) is 14.6 Å². The summed E-state index contributed by atoms with van der Waals surface area (Å²) in [6, 6.07) is 9.31. The summed E-state index contributed by atoms with van der Waals surface area (Å²) in [6.07, 6.45) is 3.70. The average Bonchev–Trinajstić information content (AvgIpc) is 2.70. The highest BCUT2D eigenvalue weighted by molar-refractivity contribution is 5.93. The summed E-state index contributed by atoms with van der Waals surface area (Å²) < 4.78 is 13.1. The lowest BCUT2D eigenvalue weighted by molar-refractivity contribution is -0.118. The monoisotopic (exact) mass is 380 g/mol. The standard InChI is InChI=1S/C21H21FN4O2/c1-3-26(17-6-4-16(22)5-7-17)19(27)9-8-18-14(2)24-20(25-21(18)28)15-10-12-23-13-11-15/h4-7,10-13H,3,8-9H2,1-2H3,(H,24,25,28). The van der Waals surface area contributed by atoms with Crippen molar-refractivity contribution in [1.29, 1.82) is 0 Å². The van der Waals surface area contributed by atoms with Crippen LogP contribution in [0.3, 0.4) is 0 Å². The van der Waals surface area contributed by atoms with E-state index in [4.69, 9.17) is 0 Å². The predicted molar refractivity (Wildman–Crippen MR) is 106 cm³/mol. The minimum Gasteiger partial charge on any atom is -0.313 e. The molecular formula is C21H21FN4O2. The Morgan fingerprint density at radius 2 is 1.82 bits per heavy atom. The Hall–Kier alpha value is -3.35. The van der Waals surface area contributed by atoms with Gasteiger partial charge in [0.05, 0.1) is 0 Å². The van der Waals surface area contributed by atoms with E-state index in [2.05, 4.69) is 15.0 Å². The molecule has 1 aromatic carbocycles. The van der Waals surface area contributed by atoms with Crippen LogP contribution in [0.25, 0.3) is 11.4 Å². The number of rotatable bonds is 6. The van der Waals surface area contributed by atoms with Crippen molar-refractivity contribution in [3.05, 3.63) is 76.2 Å². The van der Waals surface area contributed by atoms with Gasteiger partial charge in [0.15, 0.2) is 0 Å². The molecule has 28 heavy (non-hydrogen) atoms. The minimum atomic E-state index is -0.352. The molecule has 3 aromatic rings. The summed E-state index contributed by atoms with van der Waals surface area (Å²) in [5.74, 6) is -0.0117. The quantitative estimate of drug-likeness (QED) is 0.712. The molecule has 2 aromatic heterocycles. The normalized spacial score (nSPS) is 10.7. The molecule has 1 amide bonds. The van der Waals surface area contributed by atoms with E-state index in [1.807, 2.05) is 6.92 Å². The maximum absolute atomic E-state index is 13.1. The third kappa shape index (κ3) is 4.31. The molecule has 3 rings (SSSR count). The van der Waals surface area contributed by atoms with Gasteiger partial charge in [-0.2, -0.15) is 0 Å². The fourth-order valence-electron chi connectivity index (χ4n) is 3.04. The smallest absolute Gasteiger partial charge is 0.254 e. The third-order valence-corrected chi connectivity index (χ3v) is 4.52. The largest absolute Gasteiger partial charge is 0.313 e. The Bertz CT molecular complexity index is 1020. The summed E-state index contributed by atoms with van der Waals surface area (Å²) in [4.78, 5) is 37.9. The number of nitrogens with one attached hydrogen (secondary N) is 1. The van der Waals surface area contributed by atoms with E-state index in [1.54, 1.807) is 48.5 Å². The molecule has 0 aliphatic rings. The number of pyridine rings is 1. The van der Waals surface area contributed by atoms with Gasteiger partial charge in [0.2, 0.25) is 5.91 Å². The fraction of sp³-hybridized carbons (Fsp3) is 0.238. The maximum Gasteiger partial charge on any atom is 0.254 e. The number of amides is 1. The highest BCUT2D eigenvalue weighted by atomic mass is 19.1. The Kier molecular flexibility index (Phi) is 5.93. The van der Waals surface area contributed by atoms with Crippen LogP contribution in [-0.2, 0) is 11.2 Å². The van der Waals surface area contributed by atoms with Gasteiger partial charge in [-0.25, -0.2) is 9.37 Å². The molecular weight excluding hydrogens is 359 g/mol. The Labute approximate surface area is 162 Å². The molecule has 0 bridgehead atoms. The van der Waals surface area contributed by atoms with E-state index in [1.165, 1.54) is 12.1 Å². The van der Waals surface area contributed by atoms with Crippen LogP contribution in [0.2, 0.25) is 0 Å². The van der Waals surface area contributed by atoms with Crippen LogP contribution in [0.1, 0.15) is 24.6 Å². The lowest BCUT2D eigenvalue weighted by Crippen LogP contribution is -2.31. The number of H-pyrrole nitrogens is 1. The van der Waals surface area contributed by atoms with Crippen molar-refractivity contribution in [2.75, 3.05) is 11.4 Å². The summed E-state index contributed by atoms with van der Waals surface area (Å²) in [5, 5.41) is 0. The summed E-state index contributed by atoms with van der Waals surface area (Å²) in [6.45, 7) is 4.07. The number of halogens is 1. The summed E-state index contributed by atoms with van der Waals surface area (Å²) in [5.41, 5.74) is 2.23. The molecule has 0 unspecified atom stereocenters. The molecule has 2 heterocycles. The van der Waals surface area contributed by atoms with Crippen molar-refractivity contribution in [3.8, 4) is 11.4 Å². The molecule has 0 spiro atoms. The zero-order chi connectivity index (χ0) is 20.1. The number of benzene rings is 1. The van der Waals surface area contributed by atoms with Gasteiger partial charge in [0.25, 0.3) is 5.56 Å². The number of carbonyl (C=O) groups is 1. The van der Waals surface area contributed by atoms with Gasteiger partial charge >= 0.3 is 0 Å². The lowest BCUT2D eigenvalue weighted by atomic mass is 10.1. The lowest BCUT2D eigenvalue weighted by Gasteiger charge is -2.21. The van der Waals surface area contributed by atoms with Crippen LogP contribution < -0.4 is 10.5 Å². The number of anilines is 1. The zero-order valence-corrected chi connectivity index (χ0v) is 15.8. The van der Waals surface area contributed by atoms with Crippen LogP contribution in [0.4, 0.5) is 10.1 Å². The first-order valence-electron chi connectivity index (χ1n) is 9.05. The third-order valence-electron chi connectivity index (χ3n) is 4.52. The van der Waals surface area contributed by atoms with Crippen LogP contribution in [0.15, 0.2) is 53.6 Å². The molecule has 0 aliphatic heterocycles. The molecule has 1 N–H and O–H groups in total. The van der Waals surface area contributed by atoms with Crippen molar-refractivity contribution < 1.29 is 9.18 Å². The maximum atomic E-state index is 13.1. The van der Waals surface area contributed by atoms with Crippen molar-refractivity contribution in [2.45, 2.75) is 26.7 Å². The number of hydrogen-bond donors (Lipinski definition) is 1. The van der Waals surface area contributed by atoms with E-state index < -0.39 is 0 Å². The Morgan fingerprint density at radius 1 is 1.14 bits per heavy atom. The second-order valence-electron chi connectivity index (χ2n) is 6.33. The highest BCUT2D eigenvalue weighted by Crippen LogP contribution is 2.17. The molecule has 0 saturated carbocycles. The summed E-state index contributed by atoms with van der Waals surface area (Å²) >= 11 is 0. The van der Waals surface area contributed by atoms with E-state index >= 15 is 0 Å². The number of aryl methyl sites for hydroxylation is 1. The number of carbonyl (C=O) groups excluding carboxylic acids is 1. The van der Waals surface area contributed by atoms with Gasteiger partial charge in [0, 0.05) is 47.9 Å². The Balaban J connectivity index is 1.75. The van der Waals surface area contributed by atoms with E-state index in [9.17, 15) is 14.0 Å². The minimum absolute atomic E-state index is 0.133. The topological polar surface area (TPSA) is 79.0 Å². The van der Waals surface area contributed by atoms with Crippen molar-refractivity contribution >= 4 is 11.6 Å². The second-order valence-corrected chi connectivity index (χ2v) is 6.33. The molecule has 0 atom stereocenters. The van der Waals surface area contributed by atoms with Gasteiger partial charge in [-0.1, -0.05) is 0 Å². The molecule has 7 heteroatoms. The molecule has 144 valence electrons. The van der Waals surface area contributed by atoms with Crippen molar-refractivity contribution in [1.82, 2.24) is 15.0 Å². The van der Waals surface area contributed by atoms with Crippen molar-refractivity contribution in [3.63, 3.8) is 0 Å². The average molecular weight is 380 g/mol. The van der Waals surface area contributed by atoms with Gasteiger partial charge in [-0.15, -0.1) is 0 Å². The van der Waals surface area contributed by atoms with Crippen LogP contribution in [-0.4, -0.2) is 27.4 Å². The van der Waals surface area contributed by atoms with Gasteiger partial charge < -0.3 is 9.88 Å². The van der Waals surface area contributed by atoms with Crippen LogP contribution in [0, 0.1) is 12.7 Å². The predicted octanol–water partition coefficient (Wildman–Crippen LogP) is 3.27. The van der Waals surface area contributed by atoms with Crippen LogP contribution >= 0.6 is 0 Å². The zero-order valence-electron chi connectivity index (χ0n) is 15.8. The van der Waals surface area contributed by atoms with E-state index in [-0.39, 0.29) is 30.1 Å². The van der Waals surface area contributed by atoms with Crippen LogP contribution in [0.5, 0.6) is 0 Å². The first-order valence-corrected chi connectivity index (χ1v) is 9.05. The first kappa shape index (κ1) is 19.4. The summed E-state index contributed by atoms with van der Waals surface area (Å²) in [7, 11) is 0.